The minimum absolute atomic E-state index is 0. The van der Waals surface area contributed by atoms with Gasteiger partial charge in [0.15, 0.2) is 0 Å². The molecule has 0 saturated heterocycles. The predicted octanol–water partition coefficient (Wildman–Crippen LogP) is 1.87. The molecule has 0 radical (unpaired) electrons. The Kier molecular flexibility index (Phi) is 2.30. The number of hydrogen-bond donors (Lipinski definition) is 2. The molecule has 1 heterocycles. The molecule has 11 heavy (non-hydrogen) atoms. The predicted molar refractivity (Wildman–Crippen MR) is 40.0 cm³/mol. The molecule has 0 fully saturated rings. The minimum atomic E-state index is 0. The van der Waals surface area contributed by atoms with E-state index in [9.17, 15) is 0 Å². The maximum atomic E-state index is 9.03. The molecule has 0 aliphatic heterocycles. The Balaban J connectivity index is 0.000000605. The molecule has 0 saturated carbocycles. The molecule has 3 heteroatoms. The summed E-state index contributed by atoms with van der Waals surface area (Å²) in [5, 5.41) is 10.2. The van der Waals surface area contributed by atoms with Crippen LogP contribution >= 0.6 is 0 Å². The first-order chi connectivity index (χ1) is 4.86. The van der Waals surface area contributed by atoms with Gasteiger partial charge in [0.1, 0.15) is 5.75 Å². The number of fused-ring (bicyclic) bond motifs is 1. The maximum absolute atomic E-state index is 9.03. The average molecular weight is 234 g/mol. The third-order valence-corrected chi connectivity index (χ3v) is 1.54. The van der Waals surface area contributed by atoms with Gasteiger partial charge in [-0.2, -0.15) is 0 Å². The fraction of sp³-hybridized carbons (Fsp3) is 0. The van der Waals surface area contributed by atoms with Crippen molar-refractivity contribution in [3.05, 3.63) is 30.5 Å². The molecule has 1 aromatic carbocycles. The van der Waals surface area contributed by atoms with E-state index in [0.29, 0.717) is 5.75 Å². The van der Waals surface area contributed by atoms with Crippen LogP contribution in [-0.2, 0) is 19.5 Å². The molecule has 0 bridgehead atoms. The van der Waals surface area contributed by atoms with Gasteiger partial charge in [0.25, 0.3) is 0 Å². The van der Waals surface area contributed by atoms with E-state index in [4.69, 9.17) is 5.11 Å². The zero-order valence-electron chi connectivity index (χ0n) is 5.69. The van der Waals surface area contributed by atoms with E-state index in [1.54, 1.807) is 12.1 Å². The SMILES string of the molecule is Oc1ccc2cc[nH]c2c1.[Ru]. The van der Waals surface area contributed by atoms with Crippen molar-refractivity contribution in [2.45, 2.75) is 0 Å². The number of rotatable bonds is 0. The monoisotopic (exact) mass is 235 g/mol. The largest absolute Gasteiger partial charge is 0.508 e. The fourth-order valence-electron chi connectivity index (χ4n) is 1.04. The fourth-order valence-corrected chi connectivity index (χ4v) is 1.04. The molecular formula is C8H7NORu. The summed E-state index contributed by atoms with van der Waals surface area (Å²) in [7, 11) is 0. The summed E-state index contributed by atoms with van der Waals surface area (Å²) >= 11 is 0. The molecule has 2 nitrogen and oxygen atoms in total. The Bertz CT molecular complexity index is 356. The van der Waals surface area contributed by atoms with Gasteiger partial charge in [0.2, 0.25) is 0 Å². The number of nitrogens with one attached hydrogen (secondary N) is 1. The molecular weight excluding hydrogens is 227 g/mol. The van der Waals surface area contributed by atoms with Crippen molar-refractivity contribution in [3.8, 4) is 5.75 Å². The number of phenolic OH excluding ortho intramolecular Hbond substituents is 1. The Morgan fingerprint density at radius 1 is 1.18 bits per heavy atom. The molecule has 1 aromatic heterocycles. The van der Waals surface area contributed by atoms with Crippen LogP contribution in [0.5, 0.6) is 5.75 Å². The molecule has 0 aliphatic carbocycles. The first kappa shape index (κ1) is 8.28. The van der Waals surface area contributed by atoms with Gasteiger partial charge in [-0.15, -0.1) is 0 Å². The van der Waals surface area contributed by atoms with Crippen molar-refractivity contribution in [1.29, 1.82) is 0 Å². The molecule has 2 rings (SSSR count). The van der Waals surface area contributed by atoms with Gasteiger partial charge in [0, 0.05) is 37.3 Å². The second kappa shape index (κ2) is 3.06. The number of H-pyrrole nitrogens is 1. The van der Waals surface area contributed by atoms with Crippen molar-refractivity contribution in [2.24, 2.45) is 0 Å². The van der Waals surface area contributed by atoms with E-state index in [1.165, 1.54) is 0 Å². The van der Waals surface area contributed by atoms with Crippen LogP contribution in [0.25, 0.3) is 10.9 Å². The van der Waals surface area contributed by atoms with Gasteiger partial charge in [-0.3, -0.25) is 0 Å². The molecule has 0 spiro atoms. The van der Waals surface area contributed by atoms with E-state index >= 15 is 0 Å². The second-order valence-electron chi connectivity index (χ2n) is 2.25. The first-order valence-electron chi connectivity index (χ1n) is 3.12. The third kappa shape index (κ3) is 1.43. The number of phenols is 1. The van der Waals surface area contributed by atoms with Crippen LogP contribution in [0.3, 0.4) is 0 Å². The maximum Gasteiger partial charge on any atom is 0.117 e. The van der Waals surface area contributed by atoms with Crippen LogP contribution in [0.4, 0.5) is 0 Å². The summed E-state index contributed by atoms with van der Waals surface area (Å²) in [4.78, 5) is 3.00. The Labute approximate surface area is 77.0 Å². The summed E-state index contributed by atoms with van der Waals surface area (Å²) in [6, 6.07) is 7.22. The van der Waals surface area contributed by atoms with E-state index in [1.807, 2.05) is 18.3 Å². The molecule has 0 unspecified atom stereocenters. The van der Waals surface area contributed by atoms with Gasteiger partial charge in [0.05, 0.1) is 0 Å². The van der Waals surface area contributed by atoms with Crippen molar-refractivity contribution in [1.82, 2.24) is 4.98 Å². The first-order valence-corrected chi connectivity index (χ1v) is 3.12. The number of aromatic nitrogens is 1. The van der Waals surface area contributed by atoms with E-state index in [2.05, 4.69) is 4.98 Å². The van der Waals surface area contributed by atoms with Crippen LogP contribution in [-0.4, -0.2) is 10.1 Å². The summed E-state index contributed by atoms with van der Waals surface area (Å²) in [6.07, 6.45) is 1.85. The van der Waals surface area contributed by atoms with Gasteiger partial charge < -0.3 is 10.1 Å². The summed E-state index contributed by atoms with van der Waals surface area (Å²) in [6.45, 7) is 0. The van der Waals surface area contributed by atoms with Crippen molar-refractivity contribution >= 4 is 10.9 Å². The molecule has 2 N–H and O–H groups in total. The van der Waals surface area contributed by atoms with Crippen LogP contribution in [0.1, 0.15) is 0 Å². The second-order valence-corrected chi connectivity index (χ2v) is 2.25. The summed E-state index contributed by atoms with van der Waals surface area (Å²) < 4.78 is 0. The zero-order chi connectivity index (χ0) is 6.97. The van der Waals surface area contributed by atoms with Crippen molar-refractivity contribution in [3.63, 3.8) is 0 Å². The van der Waals surface area contributed by atoms with Crippen LogP contribution in [0.15, 0.2) is 30.5 Å². The number of aromatic hydroxyl groups is 1. The minimum Gasteiger partial charge on any atom is -0.508 e. The Morgan fingerprint density at radius 3 is 2.82 bits per heavy atom. The molecule has 0 atom stereocenters. The number of aromatic amines is 1. The summed E-state index contributed by atoms with van der Waals surface area (Å²) in [5.74, 6) is 0.301. The molecule has 58 valence electrons. The zero-order valence-corrected chi connectivity index (χ0v) is 7.43. The standard InChI is InChI=1S/C8H7NO.Ru/c10-7-2-1-6-3-4-9-8(6)5-7;/h1-5,9-10H;. The Hall–Kier alpha value is -0.817. The van der Waals surface area contributed by atoms with Crippen LogP contribution in [0.2, 0.25) is 0 Å². The van der Waals surface area contributed by atoms with E-state index < -0.39 is 0 Å². The normalized spacial score (nSPS) is 9.45. The molecule has 0 amide bonds. The van der Waals surface area contributed by atoms with Crippen LogP contribution in [0, 0.1) is 0 Å². The van der Waals surface area contributed by atoms with Crippen molar-refractivity contribution in [2.75, 3.05) is 0 Å². The number of benzene rings is 1. The third-order valence-electron chi connectivity index (χ3n) is 1.54. The molecule has 2 aromatic rings. The summed E-state index contributed by atoms with van der Waals surface area (Å²) in [5.41, 5.74) is 0.972. The quantitative estimate of drug-likeness (QED) is 0.671. The van der Waals surface area contributed by atoms with Gasteiger partial charge in [-0.25, -0.2) is 0 Å². The van der Waals surface area contributed by atoms with E-state index in [0.717, 1.165) is 10.9 Å². The smallest absolute Gasteiger partial charge is 0.117 e. The van der Waals surface area contributed by atoms with Crippen molar-refractivity contribution < 1.29 is 24.6 Å². The van der Waals surface area contributed by atoms with Crippen LogP contribution < -0.4 is 0 Å². The average Bonchev–Trinajstić information content (AvgIpc) is 2.33. The van der Waals surface area contributed by atoms with Gasteiger partial charge >= 0.3 is 0 Å². The Morgan fingerprint density at radius 2 is 2.00 bits per heavy atom. The van der Waals surface area contributed by atoms with E-state index in [-0.39, 0.29) is 19.5 Å². The topological polar surface area (TPSA) is 36.0 Å². The van der Waals surface area contributed by atoms with Gasteiger partial charge in [-0.1, -0.05) is 0 Å². The molecule has 0 aliphatic rings. The van der Waals surface area contributed by atoms with Gasteiger partial charge in [-0.05, 0) is 23.6 Å². The number of hydrogen-bond acceptors (Lipinski definition) is 1.